The summed E-state index contributed by atoms with van der Waals surface area (Å²) in [4.78, 5) is 9.05. The second-order valence-corrected chi connectivity index (χ2v) is 5.21. The van der Waals surface area contributed by atoms with E-state index in [1.807, 2.05) is 54.9 Å². The first-order chi connectivity index (χ1) is 10.3. The van der Waals surface area contributed by atoms with Gasteiger partial charge in [-0.1, -0.05) is 30.0 Å². The Kier molecular flexibility index (Phi) is 3.71. The van der Waals surface area contributed by atoms with Crippen LogP contribution < -0.4 is 5.32 Å². The second kappa shape index (κ2) is 5.81. The topological polar surface area (TPSA) is 61.1 Å². The molecule has 0 aliphatic carbocycles. The molecule has 5 heteroatoms. The molecule has 0 saturated heterocycles. The van der Waals surface area contributed by atoms with Gasteiger partial charge < -0.3 is 0 Å². The van der Waals surface area contributed by atoms with Crippen LogP contribution in [0.25, 0.3) is 21.8 Å². The quantitative estimate of drug-likeness (QED) is 0.243. The molecule has 3 aromatic rings. The summed E-state index contributed by atoms with van der Waals surface area (Å²) in [5.74, 6) is 0. The predicted molar refractivity (Wildman–Crippen MR) is 88.6 cm³/mol. The highest BCUT2D eigenvalue weighted by molar-refractivity contribution is 8.13. The first-order valence-corrected chi connectivity index (χ1v) is 7.60. The summed E-state index contributed by atoms with van der Waals surface area (Å²) in [5, 5.41) is 13.9. The van der Waals surface area contributed by atoms with Crippen molar-refractivity contribution in [3.05, 3.63) is 48.5 Å². The first kappa shape index (κ1) is 13.4. The molecule has 21 heavy (non-hydrogen) atoms. The standard InChI is InChI=1S/C16H12N4S/c1-21-16(18-10-17)19-13-6-7-15-12(9-13)8-11-4-2-3-5-14(11)20-15/h2-9H,1H3,(H,18,19). The highest BCUT2D eigenvalue weighted by atomic mass is 32.2. The molecule has 0 aliphatic rings. The van der Waals surface area contributed by atoms with Gasteiger partial charge in [-0.05, 0) is 36.6 Å². The van der Waals surface area contributed by atoms with Gasteiger partial charge >= 0.3 is 0 Å². The van der Waals surface area contributed by atoms with Crippen LogP contribution in [0.2, 0.25) is 0 Å². The monoisotopic (exact) mass is 292 g/mol. The van der Waals surface area contributed by atoms with E-state index in [9.17, 15) is 0 Å². The summed E-state index contributed by atoms with van der Waals surface area (Å²) in [6.45, 7) is 0. The molecular weight excluding hydrogens is 280 g/mol. The fourth-order valence-corrected chi connectivity index (χ4v) is 2.47. The van der Waals surface area contributed by atoms with Crippen LogP contribution >= 0.6 is 11.8 Å². The van der Waals surface area contributed by atoms with E-state index in [0.29, 0.717) is 5.17 Å². The van der Waals surface area contributed by atoms with Crippen LogP contribution in [-0.2, 0) is 0 Å². The van der Waals surface area contributed by atoms with Crippen molar-refractivity contribution < 1.29 is 0 Å². The SMILES string of the molecule is CSC(=Nc1ccc2nc3ccccc3cc2c1)NC#N. The van der Waals surface area contributed by atoms with E-state index in [1.165, 1.54) is 11.8 Å². The van der Waals surface area contributed by atoms with Crippen LogP contribution in [0.1, 0.15) is 0 Å². The highest BCUT2D eigenvalue weighted by Gasteiger charge is 2.02. The second-order valence-electron chi connectivity index (χ2n) is 4.42. The van der Waals surface area contributed by atoms with Crippen molar-refractivity contribution in [1.29, 1.82) is 5.26 Å². The molecule has 0 bridgehead atoms. The molecule has 0 atom stereocenters. The number of para-hydroxylation sites is 1. The number of nitriles is 1. The molecule has 0 fully saturated rings. The van der Waals surface area contributed by atoms with Crippen molar-refractivity contribution in [3.63, 3.8) is 0 Å². The Hall–Kier alpha value is -2.58. The van der Waals surface area contributed by atoms with Gasteiger partial charge in [-0.15, -0.1) is 0 Å². The third kappa shape index (κ3) is 2.81. The van der Waals surface area contributed by atoms with Crippen molar-refractivity contribution in [2.45, 2.75) is 0 Å². The zero-order chi connectivity index (χ0) is 14.7. The highest BCUT2D eigenvalue weighted by Crippen LogP contribution is 2.24. The molecular formula is C16H12N4S. The van der Waals surface area contributed by atoms with Gasteiger partial charge in [0, 0.05) is 10.8 Å². The lowest BCUT2D eigenvalue weighted by Crippen LogP contribution is -2.12. The molecule has 0 aliphatic heterocycles. The lowest BCUT2D eigenvalue weighted by atomic mass is 10.1. The number of nitrogens with one attached hydrogen (secondary N) is 1. The summed E-state index contributed by atoms with van der Waals surface area (Å²) >= 11 is 1.40. The number of fused-ring (bicyclic) bond motifs is 2. The summed E-state index contributed by atoms with van der Waals surface area (Å²) in [7, 11) is 0. The van der Waals surface area contributed by atoms with E-state index in [4.69, 9.17) is 5.26 Å². The van der Waals surface area contributed by atoms with Gasteiger partial charge in [0.1, 0.15) is 0 Å². The maximum absolute atomic E-state index is 8.67. The average Bonchev–Trinajstić information content (AvgIpc) is 2.52. The van der Waals surface area contributed by atoms with Crippen LogP contribution in [0.15, 0.2) is 53.5 Å². The largest absolute Gasteiger partial charge is 0.271 e. The molecule has 1 N–H and O–H groups in total. The molecule has 102 valence electrons. The maximum Gasteiger partial charge on any atom is 0.183 e. The van der Waals surface area contributed by atoms with E-state index in [1.54, 1.807) is 0 Å². The van der Waals surface area contributed by atoms with E-state index in [2.05, 4.69) is 21.4 Å². The van der Waals surface area contributed by atoms with Crippen LogP contribution in [0.4, 0.5) is 5.69 Å². The van der Waals surface area contributed by atoms with E-state index >= 15 is 0 Å². The van der Waals surface area contributed by atoms with Crippen LogP contribution in [0.3, 0.4) is 0 Å². The van der Waals surface area contributed by atoms with Crippen molar-refractivity contribution in [1.82, 2.24) is 10.3 Å². The van der Waals surface area contributed by atoms with E-state index < -0.39 is 0 Å². The number of aromatic nitrogens is 1. The number of amidine groups is 1. The average molecular weight is 292 g/mol. The smallest absolute Gasteiger partial charge is 0.183 e. The zero-order valence-corrected chi connectivity index (χ0v) is 12.2. The lowest BCUT2D eigenvalue weighted by molar-refractivity contribution is 1.28. The number of rotatable bonds is 1. The number of nitrogens with zero attached hydrogens (tertiary/aromatic N) is 3. The third-order valence-corrected chi connectivity index (χ3v) is 3.67. The van der Waals surface area contributed by atoms with Crippen LogP contribution in [0.5, 0.6) is 0 Å². The van der Waals surface area contributed by atoms with E-state index in [-0.39, 0.29) is 0 Å². The summed E-state index contributed by atoms with van der Waals surface area (Å²) < 4.78 is 0. The number of aliphatic imine (C=N–C) groups is 1. The van der Waals surface area contributed by atoms with Gasteiger partial charge in [-0.3, -0.25) is 5.32 Å². The fourth-order valence-electron chi connectivity index (χ4n) is 2.13. The molecule has 0 saturated carbocycles. The normalized spacial score (nSPS) is 11.5. The summed E-state index contributed by atoms with van der Waals surface area (Å²) in [6.07, 6.45) is 3.76. The maximum atomic E-state index is 8.67. The molecule has 4 nitrogen and oxygen atoms in total. The Morgan fingerprint density at radius 1 is 1.14 bits per heavy atom. The zero-order valence-electron chi connectivity index (χ0n) is 11.4. The van der Waals surface area contributed by atoms with Gasteiger partial charge in [-0.2, -0.15) is 5.26 Å². The predicted octanol–water partition coefficient (Wildman–Crippen LogP) is 3.81. The van der Waals surface area contributed by atoms with Gasteiger partial charge in [0.2, 0.25) is 0 Å². The Balaban J connectivity index is 2.11. The minimum atomic E-state index is 0.575. The minimum absolute atomic E-state index is 0.575. The molecule has 3 rings (SSSR count). The Labute approximate surface area is 126 Å². The molecule has 0 amide bonds. The van der Waals surface area contributed by atoms with Crippen molar-refractivity contribution in [3.8, 4) is 6.19 Å². The fraction of sp³-hybridized carbons (Fsp3) is 0.0625. The Morgan fingerprint density at radius 2 is 1.95 bits per heavy atom. The molecule has 0 spiro atoms. The number of thioether (sulfide) groups is 1. The molecule has 1 aromatic heterocycles. The van der Waals surface area contributed by atoms with Crippen LogP contribution in [-0.4, -0.2) is 16.4 Å². The third-order valence-electron chi connectivity index (χ3n) is 3.09. The lowest BCUT2D eigenvalue weighted by Gasteiger charge is -2.04. The Bertz CT molecular complexity index is 880. The van der Waals surface area contributed by atoms with Crippen molar-refractivity contribution in [2.75, 3.05) is 6.26 Å². The van der Waals surface area contributed by atoms with Gasteiger partial charge in [-0.25, -0.2) is 9.98 Å². The molecule has 1 heterocycles. The number of pyridine rings is 1. The molecule has 0 radical (unpaired) electrons. The number of hydrogen-bond donors (Lipinski definition) is 1. The first-order valence-electron chi connectivity index (χ1n) is 6.37. The molecule has 2 aromatic carbocycles. The van der Waals surface area contributed by atoms with E-state index in [0.717, 1.165) is 27.5 Å². The number of benzene rings is 2. The number of hydrogen-bond acceptors (Lipinski definition) is 4. The van der Waals surface area contributed by atoms with Crippen LogP contribution in [0, 0.1) is 11.5 Å². The molecule has 0 unspecified atom stereocenters. The minimum Gasteiger partial charge on any atom is -0.271 e. The van der Waals surface area contributed by atoms with Gasteiger partial charge in [0.05, 0.1) is 16.7 Å². The van der Waals surface area contributed by atoms with Gasteiger partial charge in [0.15, 0.2) is 11.4 Å². The Morgan fingerprint density at radius 3 is 2.76 bits per heavy atom. The van der Waals surface area contributed by atoms with Crippen molar-refractivity contribution in [2.24, 2.45) is 4.99 Å². The summed E-state index contributed by atoms with van der Waals surface area (Å²) in [6, 6.07) is 16.0. The van der Waals surface area contributed by atoms with Gasteiger partial charge in [0.25, 0.3) is 0 Å². The van der Waals surface area contributed by atoms with Crippen molar-refractivity contribution >= 4 is 44.4 Å². The summed E-state index contributed by atoms with van der Waals surface area (Å²) in [5.41, 5.74) is 2.72.